The summed E-state index contributed by atoms with van der Waals surface area (Å²) in [6.07, 6.45) is 6.12. The van der Waals surface area contributed by atoms with Gasteiger partial charge in [-0.25, -0.2) is 0 Å². The number of aryl methyl sites for hydroxylation is 2. The average molecular weight is 382 g/mol. The average Bonchev–Trinajstić information content (AvgIpc) is 3.17. The minimum absolute atomic E-state index is 0.132. The van der Waals surface area contributed by atoms with Crippen molar-refractivity contribution in [3.05, 3.63) is 65.7 Å². The number of nitrogens with zero attached hydrogens (tertiary/aromatic N) is 1. The van der Waals surface area contributed by atoms with Gasteiger partial charge in [-0.2, -0.15) is 0 Å². The molecule has 28 heavy (non-hydrogen) atoms. The highest BCUT2D eigenvalue weighted by Gasteiger charge is 2.23. The molecular weight excluding hydrogens is 350 g/mol. The number of hydrogen-bond donors (Lipinski definition) is 1. The summed E-state index contributed by atoms with van der Waals surface area (Å²) in [4.78, 5) is 13.9. The van der Waals surface area contributed by atoms with Crippen molar-refractivity contribution in [1.29, 1.82) is 0 Å². The highest BCUT2D eigenvalue weighted by atomic mass is 16.5. The molecule has 2 aromatic carbocycles. The lowest BCUT2D eigenvalue weighted by molar-refractivity contribution is -0.130. The molecule has 1 aliphatic heterocycles. The fraction of sp³-hybridized carbons (Fsp3) is 0.458. The lowest BCUT2D eigenvalue weighted by Gasteiger charge is -2.15. The highest BCUT2D eigenvalue weighted by Crippen LogP contribution is 2.16. The summed E-state index contributed by atoms with van der Waals surface area (Å²) in [5.74, 6) is 1.02. The van der Waals surface area contributed by atoms with Crippen molar-refractivity contribution in [2.24, 2.45) is 0 Å². The van der Waals surface area contributed by atoms with Crippen molar-refractivity contribution in [1.82, 2.24) is 4.90 Å². The fourth-order valence-corrected chi connectivity index (χ4v) is 3.57. The molecular formula is C24H31NO3. The number of rotatable bonds is 10. The van der Waals surface area contributed by atoms with E-state index in [0.29, 0.717) is 25.9 Å². The molecule has 3 rings (SSSR count). The van der Waals surface area contributed by atoms with Crippen molar-refractivity contribution in [2.45, 2.75) is 51.0 Å². The lowest BCUT2D eigenvalue weighted by Crippen LogP contribution is -2.29. The van der Waals surface area contributed by atoms with Gasteiger partial charge in [0.05, 0.1) is 12.7 Å². The SMILES string of the molecule is O=C(CCc1ccc(OCCCCCc2ccccc2)cc1)N1CCC(O)C1. The second-order valence-corrected chi connectivity index (χ2v) is 7.57. The van der Waals surface area contributed by atoms with Gasteiger partial charge in [-0.15, -0.1) is 0 Å². The Bertz CT molecular complexity index is 714. The van der Waals surface area contributed by atoms with Gasteiger partial charge in [0.25, 0.3) is 0 Å². The van der Waals surface area contributed by atoms with Crippen molar-refractivity contribution >= 4 is 5.91 Å². The number of ether oxygens (including phenoxy) is 1. The van der Waals surface area contributed by atoms with Gasteiger partial charge in [-0.3, -0.25) is 4.79 Å². The summed E-state index contributed by atoms with van der Waals surface area (Å²) in [5.41, 5.74) is 2.54. The second-order valence-electron chi connectivity index (χ2n) is 7.57. The van der Waals surface area contributed by atoms with Crippen LogP contribution in [0.5, 0.6) is 5.75 Å². The van der Waals surface area contributed by atoms with E-state index >= 15 is 0 Å². The predicted octanol–water partition coefficient (Wildman–Crippen LogP) is 4.00. The largest absolute Gasteiger partial charge is 0.494 e. The predicted molar refractivity (Wildman–Crippen MR) is 111 cm³/mol. The van der Waals surface area contributed by atoms with Crippen LogP contribution in [-0.2, 0) is 17.6 Å². The molecule has 0 aromatic heterocycles. The van der Waals surface area contributed by atoms with E-state index < -0.39 is 0 Å². The molecule has 2 aromatic rings. The van der Waals surface area contributed by atoms with Crippen LogP contribution >= 0.6 is 0 Å². The third-order valence-electron chi connectivity index (χ3n) is 5.29. The van der Waals surface area contributed by atoms with Crippen molar-refractivity contribution in [2.75, 3.05) is 19.7 Å². The third kappa shape index (κ3) is 6.68. The molecule has 0 spiro atoms. The fourth-order valence-electron chi connectivity index (χ4n) is 3.57. The van der Waals surface area contributed by atoms with Crippen LogP contribution in [0.25, 0.3) is 0 Å². The zero-order valence-corrected chi connectivity index (χ0v) is 16.6. The second kappa shape index (κ2) is 10.9. The Kier molecular flexibility index (Phi) is 7.92. The van der Waals surface area contributed by atoms with Gasteiger partial charge in [0, 0.05) is 19.5 Å². The Balaban J connectivity index is 1.28. The summed E-state index contributed by atoms with van der Waals surface area (Å²) in [6, 6.07) is 18.7. The van der Waals surface area contributed by atoms with Crippen LogP contribution in [0.1, 0.15) is 43.2 Å². The van der Waals surface area contributed by atoms with Gasteiger partial charge < -0.3 is 14.7 Å². The Labute approximate surface area is 168 Å². The van der Waals surface area contributed by atoms with Crippen LogP contribution in [0, 0.1) is 0 Å². The summed E-state index contributed by atoms with van der Waals surface area (Å²) in [7, 11) is 0. The first-order valence-electron chi connectivity index (χ1n) is 10.4. The quantitative estimate of drug-likeness (QED) is 0.633. The van der Waals surface area contributed by atoms with Crippen molar-refractivity contribution in [3.63, 3.8) is 0 Å². The number of carbonyl (C=O) groups is 1. The van der Waals surface area contributed by atoms with Crippen LogP contribution in [0.15, 0.2) is 54.6 Å². The maximum absolute atomic E-state index is 12.1. The number of β-amino-alcohol motifs (C(OH)–C–C–N with tert-alkyl or cyclic N) is 1. The first-order valence-corrected chi connectivity index (χ1v) is 10.4. The molecule has 1 amide bonds. The highest BCUT2D eigenvalue weighted by molar-refractivity contribution is 5.76. The Hall–Kier alpha value is -2.33. The zero-order valence-electron chi connectivity index (χ0n) is 16.6. The van der Waals surface area contributed by atoms with E-state index in [1.54, 1.807) is 4.90 Å². The number of unbranched alkanes of at least 4 members (excludes halogenated alkanes) is 2. The number of amides is 1. The number of benzene rings is 2. The van der Waals surface area contributed by atoms with Crippen LogP contribution < -0.4 is 4.74 Å². The standard InChI is InChI=1S/C24H31NO3/c26-22-16-17-25(19-22)24(27)15-12-21-10-13-23(14-11-21)28-18-6-2-5-9-20-7-3-1-4-8-20/h1,3-4,7-8,10-11,13-14,22,26H,2,5-6,9,12,15-19H2. The molecule has 4 nitrogen and oxygen atoms in total. The van der Waals surface area contributed by atoms with E-state index in [1.165, 1.54) is 18.4 Å². The number of aliphatic hydroxyl groups is 1. The summed E-state index contributed by atoms with van der Waals surface area (Å²) in [5, 5.41) is 9.53. The Morgan fingerprint density at radius 2 is 1.71 bits per heavy atom. The van der Waals surface area contributed by atoms with Crippen LogP contribution in [0.4, 0.5) is 0 Å². The third-order valence-corrected chi connectivity index (χ3v) is 5.29. The van der Waals surface area contributed by atoms with E-state index in [9.17, 15) is 9.90 Å². The van der Waals surface area contributed by atoms with Gasteiger partial charge in [0.2, 0.25) is 5.91 Å². The number of likely N-dealkylation sites (tertiary alicyclic amines) is 1. The molecule has 0 radical (unpaired) electrons. The number of carbonyl (C=O) groups excluding carboxylic acids is 1. The first kappa shape index (κ1) is 20.4. The monoisotopic (exact) mass is 381 g/mol. The lowest BCUT2D eigenvalue weighted by atomic mass is 10.1. The molecule has 1 aliphatic rings. The Morgan fingerprint density at radius 1 is 0.964 bits per heavy atom. The number of hydrogen-bond acceptors (Lipinski definition) is 3. The molecule has 1 N–H and O–H groups in total. The maximum Gasteiger partial charge on any atom is 0.222 e. The zero-order chi connectivity index (χ0) is 19.6. The van der Waals surface area contributed by atoms with E-state index in [2.05, 4.69) is 30.3 Å². The normalized spacial score (nSPS) is 16.3. The first-order chi connectivity index (χ1) is 13.7. The van der Waals surface area contributed by atoms with Crippen LogP contribution in [-0.4, -0.2) is 41.7 Å². The van der Waals surface area contributed by atoms with Crippen LogP contribution in [0.3, 0.4) is 0 Å². The number of aliphatic hydroxyl groups excluding tert-OH is 1. The summed E-state index contributed by atoms with van der Waals surface area (Å²) in [6.45, 7) is 1.90. The molecule has 0 bridgehead atoms. The molecule has 0 saturated carbocycles. The molecule has 0 aliphatic carbocycles. The van der Waals surface area contributed by atoms with Gasteiger partial charge in [0.1, 0.15) is 5.75 Å². The topological polar surface area (TPSA) is 49.8 Å². The molecule has 1 unspecified atom stereocenters. The van der Waals surface area contributed by atoms with E-state index in [0.717, 1.165) is 37.2 Å². The van der Waals surface area contributed by atoms with Gasteiger partial charge in [-0.05, 0) is 61.8 Å². The molecule has 150 valence electrons. The minimum atomic E-state index is -0.348. The van der Waals surface area contributed by atoms with Crippen molar-refractivity contribution < 1.29 is 14.6 Å². The molecule has 4 heteroatoms. The molecule has 1 saturated heterocycles. The van der Waals surface area contributed by atoms with E-state index in [4.69, 9.17) is 4.74 Å². The molecule has 1 heterocycles. The molecule has 1 atom stereocenters. The summed E-state index contributed by atoms with van der Waals surface area (Å²) >= 11 is 0. The van der Waals surface area contributed by atoms with E-state index in [-0.39, 0.29) is 12.0 Å². The summed E-state index contributed by atoms with van der Waals surface area (Å²) < 4.78 is 5.83. The van der Waals surface area contributed by atoms with Gasteiger partial charge in [0.15, 0.2) is 0 Å². The van der Waals surface area contributed by atoms with E-state index in [1.807, 2.05) is 24.3 Å². The van der Waals surface area contributed by atoms with Crippen molar-refractivity contribution in [3.8, 4) is 5.75 Å². The van der Waals surface area contributed by atoms with Gasteiger partial charge in [-0.1, -0.05) is 42.5 Å². The molecule has 1 fully saturated rings. The maximum atomic E-state index is 12.1. The smallest absolute Gasteiger partial charge is 0.222 e. The van der Waals surface area contributed by atoms with Gasteiger partial charge >= 0.3 is 0 Å². The van der Waals surface area contributed by atoms with Crippen LogP contribution in [0.2, 0.25) is 0 Å². The Morgan fingerprint density at radius 3 is 2.43 bits per heavy atom. The minimum Gasteiger partial charge on any atom is -0.494 e.